The van der Waals surface area contributed by atoms with E-state index in [1.807, 2.05) is 88.4 Å². The number of ketones is 1. The van der Waals surface area contributed by atoms with Gasteiger partial charge in [-0.2, -0.15) is 0 Å². The molecule has 62 heavy (non-hydrogen) atoms. The molecule has 0 aliphatic rings. The van der Waals surface area contributed by atoms with Crippen molar-refractivity contribution in [2.24, 2.45) is 28.1 Å². The van der Waals surface area contributed by atoms with Gasteiger partial charge in [0.15, 0.2) is 5.96 Å². The van der Waals surface area contributed by atoms with Gasteiger partial charge in [-0.05, 0) is 143 Å². The molecule has 0 bridgehead atoms. The van der Waals surface area contributed by atoms with Gasteiger partial charge in [0, 0.05) is 25.3 Å². The van der Waals surface area contributed by atoms with Crippen LogP contribution in [0.1, 0.15) is 91.0 Å². The van der Waals surface area contributed by atoms with E-state index in [0.29, 0.717) is 25.7 Å². The molecular weight excluding hydrogens is 787 g/mol. The number of phenols is 2. The molecule has 334 valence electrons. The minimum absolute atomic E-state index is 0.0411. The summed E-state index contributed by atoms with van der Waals surface area (Å²) in [7, 11) is 0. The Hall–Kier alpha value is -6.21. The maximum Gasteiger partial charge on any atom is 0.329 e. The van der Waals surface area contributed by atoms with Crippen molar-refractivity contribution in [2.45, 2.75) is 118 Å². The molecule has 0 aromatic heterocycles. The second kappa shape index (κ2) is 24.3. The number of phenolic OH excluding ortho intramolecular Hbond substituents is 2. The molecule has 13 nitrogen and oxygen atoms in total. The first-order valence-electron chi connectivity index (χ1n) is 20.9. The van der Waals surface area contributed by atoms with Gasteiger partial charge in [0.05, 0.1) is 12.5 Å². The number of amides is 1. The predicted molar refractivity (Wildman–Crippen MR) is 242 cm³/mol. The molecule has 0 saturated carbocycles. The molecule has 0 spiro atoms. The number of aryl methyl sites for hydroxylation is 5. The van der Waals surface area contributed by atoms with Crippen LogP contribution < -0.4 is 22.5 Å². The predicted octanol–water partition coefficient (Wildman–Crippen LogP) is 6.26. The van der Waals surface area contributed by atoms with Gasteiger partial charge >= 0.3 is 11.9 Å². The molecule has 9 N–H and O–H groups in total. The first kappa shape index (κ1) is 50.1. The number of carbonyl (C=O) groups excluding carboxylic acids is 4. The molecule has 0 aliphatic heterocycles. The number of hydrogen-bond donors (Lipinski definition) is 6. The third-order valence-electron chi connectivity index (χ3n) is 10.1. The van der Waals surface area contributed by atoms with Crippen molar-refractivity contribution in [3.8, 4) is 11.5 Å². The Balaban J connectivity index is 0.000000390. The largest absolute Gasteiger partial charge is 0.508 e. The fourth-order valence-electron chi connectivity index (χ4n) is 6.99. The zero-order valence-electron chi connectivity index (χ0n) is 37.2. The van der Waals surface area contributed by atoms with Crippen LogP contribution in [0.5, 0.6) is 11.5 Å². The SMILES string of the molecule is Cc1cc(O)cc(C)c1CC(N)C(=O)CCc1ccccc1.Cc1cc(O)cc(C)c1CC(NC(=O)C(CCCN=C(N)N)CC(=O)OC(C)(C)C)C(=O)OCc1ccccc1. The Morgan fingerprint density at radius 3 is 1.76 bits per heavy atom. The number of benzene rings is 4. The lowest BCUT2D eigenvalue weighted by Gasteiger charge is -2.24. The molecule has 0 fully saturated rings. The second-order valence-corrected chi connectivity index (χ2v) is 16.7. The highest BCUT2D eigenvalue weighted by atomic mass is 16.6. The standard InChI is InChI=1S/C30H42N4O6.C19H23NO2/c1-19-14-23(35)15-20(2)24(19)17-25(28(38)39-18-21-10-7-6-8-11-21)34-27(37)22(12-9-13-33-29(31)32)16-26(36)40-30(3,4)5;1-13-10-16(21)11-14(2)17(13)12-18(20)19(22)9-8-15-6-4-3-5-7-15/h6-8,10-11,14-15,22,25,35H,9,12-13,16-18H2,1-5H3,(H,34,37)(H4,31,32,33);3-7,10-11,18,21H,8-9,12,20H2,1-2H3. The molecule has 3 unspecified atom stereocenters. The number of hydrogen-bond acceptors (Lipinski definition) is 10. The number of nitrogens with one attached hydrogen (secondary N) is 1. The first-order valence-corrected chi connectivity index (χ1v) is 20.9. The van der Waals surface area contributed by atoms with Crippen molar-refractivity contribution < 1.29 is 38.9 Å². The van der Waals surface area contributed by atoms with Crippen molar-refractivity contribution in [1.29, 1.82) is 0 Å². The Labute approximate surface area is 366 Å². The lowest BCUT2D eigenvalue weighted by Crippen LogP contribution is -2.46. The van der Waals surface area contributed by atoms with Gasteiger partial charge in [0.1, 0.15) is 35.5 Å². The molecule has 3 atom stereocenters. The number of Topliss-reactive ketones (excluding diaryl/α,β-unsaturated/α-hetero) is 1. The van der Waals surface area contributed by atoms with Gasteiger partial charge in [-0.1, -0.05) is 60.7 Å². The highest BCUT2D eigenvalue weighted by Crippen LogP contribution is 2.25. The van der Waals surface area contributed by atoms with Crippen molar-refractivity contribution in [2.75, 3.05) is 6.54 Å². The molecule has 13 heteroatoms. The normalized spacial score (nSPS) is 12.5. The van der Waals surface area contributed by atoms with Gasteiger partial charge in [0.2, 0.25) is 5.91 Å². The van der Waals surface area contributed by atoms with Crippen LogP contribution in [-0.4, -0.2) is 64.0 Å². The van der Waals surface area contributed by atoms with E-state index in [2.05, 4.69) is 10.3 Å². The van der Waals surface area contributed by atoms with Crippen molar-refractivity contribution in [3.05, 3.63) is 129 Å². The van der Waals surface area contributed by atoms with Crippen LogP contribution in [0.25, 0.3) is 0 Å². The van der Waals surface area contributed by atoms with E-state index in [-0.39, 0.29) is 49.2 Å². The van der Waals surface area contributed by atoms with Gasteiger partial charge in [-0.15, -0.1) is 0 Å². The fraction of sp³-hybridized carbons (Fsp3) is 0.408. The minimum atomic E-state index is -1.03. The van der Waals surface area contributed by atoms with Gasteiger partial charge in [0.25, 0.3) is 0 Å². The highest BCUT2D eigenvalue weighted by Gasteiger charge is 2.30. The third-order valence-corrected chi connectivity index (χ3v) is 10.1. The number of nitrogens with two attached hydrogens (primary N) is 3. The minimum Gasteiger partial charge on any atom is -0.508 e. The van der Waals surface area contributed by atoms with Crippen LogP contribution in [0.3, 0.4) is 0 Å². The number of aromatic hydroxyl groups is 2. The van der Waals surface area contributed by atoms with Gasteiger partial charge in [-0.3, -0.25) is 19.4 Å². The van der Waals surface area contributed by atoms with Crippen LogP contribution >= 0.6 is 0 Å². The molecule has 4 aromatic carbocycles. The summed E-state index contributed by atoms with van der Waals surface area (Å²) in [6.07, 6.45) is 2.41. The number of aliphatic imine (C=N–C) groups is 1. The lowest BCUT2D eigenvalue weighted by molar-refractivity contribution is -0.157. The van der Waals surface area contributed by atoms with Gasteiger partial charge < -0.3 is 42.2 Å². The highest BCUT2D eigenvalue weighted by molar-refractivity contribution is 5.88. The van der Waals surface area contributed by atoms with Crippen molar-refractivity contribution in [3.63, 3.8) is 0 Å². The number of rotatable bonds is 19. The molecular formula is C49H65N5O8. The fourth-order valence-corrected chi connectivity index (χ4v) is 6.99. The summed E-state index contributed by atoms with van der Waals surface area (Å²) < 4.78 is 11.0. The number of ether oxygens (including phenoxy) is 2. The smallest absolute Gasteiger partial charge is 0.329 e. The zero-order chi connectivity index (χ0) is 46.0. The van der Waals surface area contributed by atoms with E-state index in [0.717, 1.165) is 50.9 Å². The van der Waals surface area contributed by atoms with Crippen molar-refractivity contribution in [1.82, 2.24) is 5.32 Å². The van der Waals surface area contributed by atoms with Crippen LogP contribution in [-0.2, 0) is 54.5 Å². The van der Waals surface area contributed by atoms with E-state index in [9.17, 15) is 29.4 Å². The number of carbonyl (C=O) groups is 4. The average molecular weight is 852 g/mol. The van der Waals surface area contributed by atoms with E-state index < -0.39 is 41.4 Å². The second-order valence-electron chi connectivity index (χ2n) is 16.7. The van der Waals surface area contributed by atoms with Crippen LogP contribution in [0.2, 0.25) is 0 Å². The molecule has 0 aliphatic carbocycles. The molecule has 0 heterocycles. The monoisotopic (exact) mass is 851 g/mol. The first-order chi connectivity index (χ1) is 29.2. The number of nitrogens with zero attached hydrogens (tertiary/aromatic N) is 1. The molecule has 4 aromatic rings. The Morgan fingerprint density at radius 1 is 0.758 bits per heavy atom. The Morgan fingerprint density at radius 2 is 1.26 bits per heavy atom. The van der Waals surface area contributed by atoms with Gasteiger partial charge in [-0.25, -0.2) is 4.79 Å². The maximum absolute atomic E-state index is 13.5. The van der Waals surface area contributed by atoms with Crippen molar-refractivity contribution >= 4 is 29.6 Å². The third kappa shape index (κ3) is 17.8. The molecule has 1 amide bonds. The summed E-state index contributed by atoms with van der Waals surface area (Å²) in [5, 5.41) is 22.4. The Kier molecular flexibility index (Phi) is 19.6. The van der Waals surface area contributed by atoms with E-state index in [1.54, 1.807) is 45.0 Å². The summed E-state index contributed by atoms with van der Waals surface area (Å²) in [5.41, 5.74) is 23.5. The molecule has 0 saturated heterocycles. The summed E-state index contributed by atoms with van der Waals surface area (Å²) in [6.45, 7) is 13.1. The quantitative estimate of drug-likeness (QED) is 0.0267. The Bertz CT molecular complexity index is 2080. The lowest BCUT2D eigenvalue weighted by atomic mass is 9.93. The maximum atomic E-state index is 13.5. The van der Waals surface area contributed by atoms with E-state index in [1.165, 1.54) is 0 Å². The van der Waals surface area contributed by atoms with Crippen LogP contribution in [0.15, 0.2) is 89.9 Å². The van der Waals surface area contributed by atoms with E-state index in [4.69, 9.17) is 26.7 Å². The van der Waals surface area contributed by atoms with Crippen LogP contribution in [0, 0.1) is 33.6 Å². The van der Waals surface area contributed by atoms with E-state index >= 15 is 0 Å². The number of guanidine groups is 1. The molecule has 4 rings (SSSR count). The summed E-state index contributed by atoms with van der Waals surface area (Å²) >= 11 is 0. The zero-order valence-corrected chi connectivity index (χ0v) is 37.2. The topological polar surface area (TPSA) is 230 Å². The number of esters is 2. The summed E-state index contributed by atoms with van der Waals surface area (Å²) in [5.74, 6) is -2.01. The van der Waals surface area contributed by atoms with Crippen LogP contribution in [0.4, 0.5) is 0 Å². The summed E-state index contributed by atoms with van der Waals surface area (Å²) in [4.78, 5) is 55.6. The summed E-state index contributed by atoms with van der Waals surface area (Å²) in [6, 6.07) is 24.3. The molecule has 0 radical (unpaired) electrons. The average Bonchev–Trinajstić information content (AvgIpc) is 3.19.